The van der Waals surface area contributed by atoms with E-state index in [0.29, 0.717) is 5.56 Å². The van der Waals surface area contributed by atoms with Gasteiger partial charge in [0.05, 0.1) is 16.7 Å². The molecule has 0 fully saturated rings. The van der Waals surface area contributed by atoms with Gasteiger partial charge >= 0.3 is 12.4 Å². The summed E-state index contributed by atoms with van der Waals surface area (Å²) in [6.07, 6.45) is -6.13. The summed E-state index contributed by atoms with van der Waals surface area (Å²) in [5, 5.41) is 8.80. The highest BCUT2D eigenvalue weighted by molar-refractivity contribution is 6.04. The quantitative estimate of drug-likeness (QED) is 0.281. The van der Waals surface area contributed by atoms with Gasteiger partial charge in [-0.3, -0.25) is 4.79 Å². The van der Waals surface area contributed by atoms with E-state index in [1.165, 1.54) is 23.8 Å². The van der Waals surface area contributed by atoms with Gasteiger partial charge in [-0.1, -0.05) is 11.6 Å². The number of carbonyl (C=O) groups excluding carboxylic acids is 1. The number of aromatic nitrogens is 2. The van der Waals surface area contributed by atoms with Crippen molar-refractivity contribution in [2.45, 2.75) is 32.7 Å². The lowest BCUT2D eigenvalue weighted by atomic mass is 10.1. The standard InChI is InChI=1S/C22H15F6N3O/c1-12-5-14(7-17(6-12)21(23,24)25)10-31-11-16(8-15(9-29)13(2)32)19-18(22(26,27)28)3-4-30-20(19)31/h3-8,11H,10H2,1-2H3/b15-8+. The summed E-state index contributed by atoms with van der Waals surface area (Å²) in [7, 11) is 0. The molecule has 10 heteroatoms. The number of aryl methyl sites for hydroxylation is 1. The van der Waals surface area contributed by atoms with Crippen LogP contribution in [0.15, 0.2) is 42.2 Å². The lowest BCUT2D eigenvalue weighted by Gasteiger charge is -2.12. The van der Waals surface area contributed by atoms with Gasteiger partial charge in [0.15, 0.2) is 5.78 Å². The van der Waals surface area contributed by atoms with Gasteiger partial charge in [-0.2, -0.15) is 31.6 Å². The lowest BCUT2D eigenvalue weighted by Crippen LogP contribution is -2.08. The average molecular weight is 451 g/mol. The van der Waals surface area contributed by atoms with Crippen LogP contribution in [0.25, 0.3) is 17.1 Å². The van der Waals surface area contributed by atoms with E-state index < -0.39 is 29.3 Å². The average Bonchev–Trinajstić information content (AvgIpc) is 3.01. The van der Waals surface area contributed by atoms with Crippen LogP contribution in [0.4, 0.5) is 26.3 Å². The summed E-state index contributed by atoms with van der Waals surface area (Å²) >= 11 is 0. The maximum absolute atomic E-state index is 13.6. The third-order valence-electron chi connectivity index (χ3n) is 4.71. The Kier molecular flexibility index (Phi) is 5.87. The molecule has 0 N–H and O–H groups in total. The van der Waals surface area contributed by atoms with Crippen molar-refractivity contribution in [3.8, 4) is 6.07 Å². The molecule has 0 aliphatic heterocycles. The van der Waals surface area contributed by atoms with E-state index in [2.05, 4.69) is 4.98 Å². The smallest absolute Gasteiger partial charge is 0.327 e. The maximum atomic E-state index is 13.6. The van der Waals surface area contributed by atoms with Gasteiger partial charge in [-0.05, 0) is 43.7 Å². The highest BCUT2D eigenvalue weighted by atomic mass is 19.4. The lowest BCUT2D eigenvalue weighted by molar-refractivity contribution is -0.138. The first-order chi connectivity index (χ1) is 14.8. The fraction of sp³-hybridized carbons (Fsp3) is 0.227. The molecule has 3 rings (SSSR count). The molecule has 2 aromatic heterocycles. The zero-order valence-electron chi connectivity index (χ0n) is 16.8. The Bertz CT molecular complexity index is 1280. The van der Waals surface area contributed by atoms with Crippen molar-refractivity contribution in [3.05, 3.63) is 70.0 Å². The molecular weight excluding hydrogens is 436 g/mol. The van der Waals surface area contributed by atoms with Crippen LogP contribution in [-0.2, 0) is 23.7 Å². The number of carbonyl (C=O) groups is 1. The van der Waals surface area contributed by atoms with Crippen LogP contribution in [0.2, 0.25) is 0 Å². The normalized spacial score (nSPS) is 12.8. The van der Waals surface area contributed by atoms with Gasteiger partial charge in [-0.15, -0.1) is 0 Å². The third-order valence-corrected chi connectivity index (χ3v) is 4.71. The number of ketones is 1. The highest BCUT2D eigenvalue weighted by Crippen LogP contribution is 2.37. The molecule has 0 radical (unpaired) electrons. The topological polar surface area (TPSA) is 58.7 Å². The predicted molar refractivity (Wildman–Crippen MR) is 104 cm³/mol. The molecule has 166 valence electrons. The fourth-order valence-electron chi connectivity index (χ4n) is 3.40. The molecule has 0 aliphatic carbocycles. The first kappa shape index (κ1) is 23.1. The molecule has 0 bridgehead atoms. The number of halogens is 6. The molecule has 0 amide bonds. The van der Waals surface area contributed by atoms with Crippen molar-refractivity contribution in [1.82, 2.24) is 9.55 Å². The van der Waals surface area contributed by atoms with E-state index in [-0.39, 0.29) is 34.3 Å². The van der Waals surface area contributed by atoms with Gasteiger partial charge in [-0.25, -0.2) is 4.98 Å². The summed E-state index contributed by atoms with van der Waals surface area (Å²) in [6.45, 7) is 2.38. The molecule has 2 heterocycles. The van der Waals surface area contributed by atoms with Crippen LogP contribution in [0.3, 0.4) is 0 Å². The van der Waals surface area contributed by atoms with Crippen LogP contribution >= 0.6 is 0 Å². The number of rotatable bonds is 4. The molecule has 4 nitrogen and oxygen atoms in total. The molecule has 0 aliphatic rings. The van der Waals surface area contributed by atoms with Gasteiger partial charge < -0.3 is 4.57 Å². The second-order valence-corrected chi connectivity index (χ2v) is 7.20. The number of benzene rings is 1. The Morgan fingerprint density at radius 3 is 2.41 bits per heavy atom. The zero-order chi connectivity index (χ0) is 23.8. The third kappa shape index (κ3) is 4.66. The Morgan fingerprint density at radius 1 is 1.16 bits per heavy atom. The second kappa shape index (κ2) is 8.15. The number of hydrogen-bond donors (Lipinski definition) is 0. The van der Waals surface area contributed by atoms with Crippen molar-refractivity contribution >= 4 is 22.9 Å². The fourth-order valence-corrected chi connectivity index (χ4v) is 3.40. The zero-order valence-corrected chi connectivity index (χ0v) is 16.8. The molecule has 1 aromatic carbocycles. The number of alkyl halides is 6. The molecule has 0 saturated carbocycles. The number of Topliss-reactive ketones (excluding diaryl/α,β-unsaturated/α-hetero) is 1. The van der Waals surface area contributed by atoms with Crippen molar-refractivity contribution in [3.63, 3.8) is 0 Å². The molecule has 0 unspecified atom stereocenters. The summed E-state index contributed by atoms with van der Waals surface area (Å²) in [5.41, 5.74) is -1.96. The largest absolute Gasteiger partial charge is 0.417 e. The summed E-state index contributed by atoms with van der Waals surface area (Å²) in [6, 6.07) is 5.77. The van der Waals surface area contributed by atoms with Crippen molar-refractivity contribution in [2.24, 2.45) is 0 Å². The van der Waals surface area contributed by atoms with E-state index in [0.717, 1.165) is 37.4 Å². The van der Waals surface area contributed by atoms with Crippen molar-refractivity contribution in [1.29, 1.82) is 5.26 Å². The van der Waals surface area contributed by atoms with E-state index in [9.17, 15) is 31.1 Å². The first-order valence-electron chi connectivity index (χ1n) is 9.17. The summed E-state index contributed by atoms with van der Waals surface area (Å²) < 4.78 is 81.7. The Labute approximate surface area is 178 Å². The summed E-state index contributed by atoms with van der Waals surface area (Å²) in [5.74, 6) is -0.639. The number of fused-ring (bicyclic) bond motifs is 1. The van der Waals surface area contributed by atoms with Crippen LogP contribution in [0.5, 0.6) is 0 Å². The number of nitrogens with zero attached hydrogens (tertiary/aromatic N) is 3. The SMILES string of the molecule is CC(=O)/C(C#N)=C/c1cn(Cc2cc(C)cc(C(F)(F)F)c2)c2nccc(C(F)(F)F)c12. The predicted octanol–water partition coefficient (Wildman–Crippen LogP) is 5.93. The summed E-state index contributed by atoms with van der Waals surface area (Å²) in [4.78, 5) is 15.6. The van der Waals surface area contributed by atoms with E-state index in [4.69, 9.17) is 5.26 Å². The van der Waals surface area contributed by atoms with Crippen molar-refractivity contribution < 1.29 is 31.1 Å². The number of nitriles is 1. The van der Waals surface area contributed by atoms with E-state index in [1.807, 2.05) is 0 Å². The first-order valence-corrected chi connectivity index (χ1v) is 9.17. The van der Waals surface area contributed by atoms with Crippen LogP contribution in [0, 0.1) is 18.3 Å². The van der Waals surface area contributed by atoms with Gasteiger partial charge in [0.2, 0.25) is 0 Å². The maximum Gasteiger partial charge on any atom is 0.417 e. The molecule has 3 aromatic rings. The van der Waals surface area contributed by atoms with Crippen molar-refractivity contribution in [2.75, 3.05) is 0 Å². The van der Waals surface area contributed by atoms with Gasteiger partial charge in [0, 0.05) is 29.9 Å². The monoisotopic (exact) mass is 451 g/mol. The Hall–Kier alpha value is -3.61. The number of hydrogen-bond acceptors (Lipinski definition) is 3. The minimum absolute atomic E-state index is 0.0872. The Morgan fingerprint density at radius 2 is 1.84 bits per heavy atom. The molecule has 0 atom stereocenters. The second-order valence-electron chi connectivity index (χ2n) is 7.20. The van der Waals surface area contributed by atoms with Crippen LogP contribution in [-0.4, -0.2) is 15.3 Å². The highest BCUT2D eigenvalue weighted by Gasteiger charge is 2.35. The molecule has 32 heavy (non-hydrogen) atoms. The minimum Gasteiger partial charge on any atom is -0.327 e. The Balaban J connectivity index is 2.25. The minimum atomic E-state index is -4.76. The molecular formula is C22H15F6N3O. The van der Waals surface area contributed by atoms with Crippen LogP contribution < -0.4 is 0 Å². The number of allylic oxidation sites excluding steroid dienone is 1. The van der Waals surface area contributed by atoms with Gasteiger partial charge in [0.1, 0.15) is 11.7 Å². The van der Waals surface area contributed by atoms with E-state index >= 15 is 0 Å². The van der Waals surface area contributed by atoms with Crippen LogP contribution in [0.1, 0.15) is 34.7 Å². The molecule has 0 saturated heterocycles. The van der Waals surface area contributed by atoms with Gasteiger partial charge in [0.25, 0.3) is 0 Å². The number of pyridine rings is 1. The van der Waals surface area contributed by atoms with E-state index in [1.54, 1.807) is 6.07 Å². The molecule has 0 spiro atoms.